The van der Waals surface area contributed by atoms with Gasteiger partial charge in [0.1, 0.15) is 5.82 Å². The lowest BCUT2D eigenvalue weighted by Gasteiger charge is -1.95. The van der Waals surface area contributed by atoms with Crippen LogP contribution in [0.4, 0.5) is 4.39 Å². The highest BCUT2D eigenvalue weighted by molar-refractivity contribution is 6.30. The van der Waals surface area contributed by atoms with Crippen LogP contribution in [0.5, 0.6) is 0 Å². The van der Waals surface area contributed by atoms with Crippen molar-refractivity contribution in [2.45, 2.75) is 0 Å². The van der Waals surface area contributed by atoms with Gasteiger partial charge < -0.3 is 0 Å². The summed E-state index contributed by atoms with van der Waals surface area (Å²) in [5.41, 5.74) is 2.73. The molecule has 1 N–H and O–H groups in total. The van der Waals surface area contributed by atoms with Gasteiger partial charge in [0.15, 0.2) is 5.78 Å². The maximum Gasteiger partial charge on any atom is 0.185 e. The second kappa shape index (κ2) is 6.58. The van der Waals surface area contributed by atoms with Gasteiger partial charge in [0.25, 0.3) is 0 Å². The van der Waals surface area contributed by atoms with Gasteiger partial charge in [0.2, 0.25) is 0 Å². The highest BCUT2D eigenvalue weighted by atomic mass is 35.5. The Hall–Kier alpha value is -2.72. The molecule has 0 atom stereocenters. The van der Waals surface area contributed by atoms with E-state index >= 15 is 0 Å². The fourth-order valence-corrected chi connectivity index (χ4v) is 2.19. The Bertz CT molecular complexity index is 851. The van der Waals surface area contributed by atoms with E-state index in [1.165, 1.54) is 18.2 Å². The van der Waals surface area contributed by atoms with Crippen LogP contribution in [-0.2, 0) is 0 Å². The molecule has 0 fully saturated rings. The smallest absolute Gasteiger partial charge is 0.185 e. The van der Waals surface area contributed by atoms with Gasteiger partial charge in [0.05, 0.1) is 11.4 Å². The molecule has 0 bridgehead atoms. The predicted molar refractivity (Wildman–Crippen MR) is 88.8 cm³/mol. The number of rotatable bonds is 4. The average Bonchev–Trinajstić information content (AvgIpc) is 3.03. The van der Waals surface area contributed by atoms with Crippen LogP contribution >= 0.6 is 11.6 Å². The molecule has 0 aliphatic carbocycles. The SMILES string of the molecule is O=C(C=Cc1cc(-c2ccc(F)cc2)n[nH]1)c1ccc(Cl)cc1. The van der Waals surface area contributed by atoms with Crippen LogP contribution in [0.15, 0.2) is 60.7 Å². The van der Waals surface area contributed by atoms with E-state index in [0.717, 1.165) is 5.56 Å². The molecule has 23 heavy (non-hydrogen) atoms. The molecular weight excluding hydrogens is 315 g/mol. The van der Waals surface area contributed by atoms with E-state index in [2.05, 4.69) is 10.2 Å². The molecule has 0 unspecified atom stereocenters. The predicted octanol–water partition coefficient (Wildman–Crippen LogP) is 4.77. The second-order valence-corrected chi connectivity index (χ2v) is 5.36. The van der Waals surface area contributed by atoms with Crippen LogP contribution in [0.3, 0.4) is 0 Å². The maximum atomic E-state index is 12.9. The first-order valence-electron chi connectivity index (χ1n) is 6.91. The molecule has 3 rings (SSSR count). The number of nitrogens with one attached hydrogen (secondary N) is 1. The molecule has 0 aliphatic rings. The zero-order valence-corrected chi connectivity index (χ0v) is 12.7. The zero-order chi connectivity index (χ0) is 16.2. The molecular formula is C18H12ClFN2O. The summed E-state index contributed by atoms with van der Waals surface area (Å²) < 4.78 is 12.9. The summed E-state index contributed by atoms with van der Waals surface area (Å²) in [7, 11) is 0. The van der Waals surface area contributed by atoms with Crippen molar-refractivity contribution in [2.24, 2.45) is 0 Å². The third-order valence-corrected chi connectivity index (χ3v) is 3.53. The Morgan fingerprint density at radius 2 is 1.78 bits per heavy atom. The Balaban J connectivity index is 1.74. The van der Waals surface area contributed by atoms with Gasteiger partial charge in [-0.05, 0) is 66.7 Å². The molecule has 1 aromatic heterocycles. The van der Waals surface area contributed by atoms with Gasteiger partial charge in [-0.1, -0.05) is 11.6 Å². The number of allylic oxidation sites excluding steroid dienone is 1. The Kier molecular flexibility index (Phi) is 4.35. The van der Waals surface area contributed by atoms with Crippen LogP contribution in [-0.4, -0.2) is 16.0 Å². The van der Waals surface area contributed by atoms with Crippen LogP contribution < -0.4 is 0 Å². The van der Waals surface area contributed by atoms with E-state index in [4.69, 9.17) is 11.6 Å². The van der Waals surface area contributed by atoms with Crippen molar-refractivity contribution < 1.29 is 9.18 Å². The number of carbonyl (C=O) groups excluding carboxylic acids is 1. The maximum absolute atomic E-state index is 12.9. The topological polar surface area (TPSA) is 45.8 Å². The van der Waals surface area contributed by atoms with Gasteiger partial charge in [0, 0.05) is 16.1 Å². The van der Waals surface area contributed by atoms with E-state index in [1.54, 1.807) is 48.5 Å². The summed E-state index contributed by atoms with van der Waals surface area (Å²) >= 11 is 5.79. The fourth-order valence-electron chi connectivity index (χ4n) is 2.07. The van der Waals surface area contributed by atoms with E-state index in [-0.39, 0.29) is 11.6 Å². The quantitative estimate of drug-likeness (QED) is 0.554. The molecule has 1 heterocycles. The molecule has 3 nitrogen and oxygen atoms in total. The molecule has 0 spiro atoms. The minimum atomic E-state index is -0.294. The normalized spacial score (nSPS) is 11.0. The number of H-pyrrole nitrogens is 1. The number of hydrogen-bond acceptors (Lipinski definition) is 2. The largest absolute Gasteiger partial charge is 0.289 e. The van der Waals surface area contributed by atoms with E-state index in [1.807, 2.05) is 0 Å². The number of halogens is 2. The number of ketones is 1. The molecule has 114 valence electrons. The Morgan fingerprint density at radius 1 is 1.09 bits per heavy atom. The lowest BCUT2D eigenvalue weighted by atomic mass is 10.1. The molecule has 0 amide bonds. The first kappa shape index (κ1) is 15.2. The molecule has 0 radical (unpaired) electrons. The first-order valence-corrected chi connectivity index (χ1v) is 7.29. The highest BCUT2D eigenvalue weighted by Gasteiger charge is 2.04. The summed E-state index contributed by atoms with van der Waals surface area (Å²) in [6.45, 7) is 0. The van der Waals surface area contributed by atoms with Crippen LogP contribution in [0.1, 0.15) is 16.1 Å². The van der Waals surface area contributed by atoms with Crippen LogP contribution in [0.2, 0.25) is 5.02 Å². The third-order valence-electron chi connectivity index (χ3n) is 3.28. The van der Waals surface area contributed by atoms with E-state index in [9.17, 15) is 9.18 Å². The van der Waals surface area contributed by atoms with Crippen molar-refractivity contribution in [1.82, 2.24) is 10.2 Å². The van der Waals surface area contributed by atoms with E-state index in [0.29, 0.717) is 22.0 Å². The van der Waals surface area contributed by atoms with Gasteiger partial charge in [-0.3, -0.25) is 9.89 Å². The molecule has 3 aromatic rings. The minimum absolute atomic E-state index is 0.125. The first-order chi connectivity index (χ1) is 11.1. The summed E-state index contributed by atoms with van der Waals surface area (Å²) in [6.07, 6.45) is 3.11. The standard InChI is InChI=1S/C18H12ClFN2O/c19-14-5-1-13(2-6-14)18(23)10-9-16-11-17(22-21-16)12-3-7-15(20)8-4-12/h1-11H,(H,21,22). The molecule has 0 aliphatic heterocycles. The number of benzene rings is 2. The van der Waals surface area contributed by atoms with Crippen molar-refractivity contribution in [3.63, 3.8) is 0 Å². The van der Waals surface area contributed by atoms with Crippen LogP contribution in [0.25, 0.3) is 17.3 Å². The average molecular weight is 327 g/mol. The van der Waals surface area contributed by atoms with Crippen molar-refractivity contribution >= 4 is 23.5 Å². The van der Waals surface area contributed by atoms with E-state index < -0.39 is 0 Å². The summed E-state index contributed by atoms with van der Waals surface area (Å²) in [5, 5.41) is 7.57. The highest BCUT2D eigenvalue weighted by Crippen LogP contribution is 2.18. The zero-order valence-electron chi connectivity index (χ0n) is 12.0. The number of aromatic amines is 1. The molecule has 0 saturated heterocycles. The molecule has 2 aromatic carbocycles. The van der Waals surface area contributed by atoms with Crippen molar-refractivity contribution in [3.8, 4) is 11.3 Å². The summed E-state index contributed by atoms with van der Waals surface area (Å²) in [6, 6.07) is 14.5. The van der Waals surface area contributed by atoms with Gasteiger partial charge in [-0.15, -0.1) is 0 Å². The summed E-state index contributed by atoms with van der Waals surface area (Å²) in [4.78, 5) is 12.0. The van der Waals surface area contributed by atoms with Gasteiger partial charge >= 0.3 is 0 Å². The Labute approximate surface area is 137 Å². The van der Waals surface area contributed by atoms with Gasteiger partial charge in [-0.25, -0.2) is 4.39 Å². The van der Waals surface area contributed by atoms with Crippen molar-refractivity contribution in [2.75, 3.05) is 0 Å². The summed E-state index contributed by atoms with van der Waals surface area (Å²) in [5.74, 6) is -0.419. The third kappa shape index (κ3) is 3.73. The number of hydrogen-bond donors (Lipinski definition) is 1. The van der Waals surface area contributed by atoms with Gasteiger partial charge in [-0.2, -0.15) is 5.10 Å². The molecule has 5 heteroatoms. The number of aromatic nitrogens is 2. The fraction of sp³-hybridized carbons (Fsp3) is 0. The number of nitrogens with zero attached hydrogens (tertiary/aromatic N) is 1. The second-order valence-electron chi connectivity index (χ2n) is 4.92. The number of carbonyl (C=O) groups is 1. The lowest BCUT2D eigenvalue weighted by Crippen LogP contribution is -1.93. The monoisotopic (exact) mass is 326 g/mol. The van der Waals surface area contributed by atoms with Crippen molar-refractivity contribution in [3.05, 3.63) is 82.8 Å². The minimum Gasteiger partial charge on any atom is -0.289 e. The lowest BCUT2D eigenvalue weighted by molar-refractivity contribution is 0.104. The van der Waals surface area contributed by atoms with Crippen molar-refractivity contribution in [1.29, 1.82) is 0 Å². The van der Waals surface area contributed by atoms with Crippen LogP contribution in [0, 0.1) is 5.82 Å². The molecule has 0 saturated carbocycles. The Morgan fingerprint density at radius 3 is 2.48 bits per heavy atom.